The zero-order valence-corrected chi connectivity index (χ0v) is 12.8. The maximum Gasteiger partial charge on any atom is 0.0914 e. The van der Waals surface area contributed by atoms with Crippen molar-refractivity contribution in [3.8, 4) is 11.4 Å². The summed E-state index contributed by atoms with van der Waals surface area (Å²) in [5, 5.41) is 1.18. The first-order valence-electron chi connectivity index (χ1n) is 7.56. The van der Waals surface area contributed by atoms with Crippen LogP contribution in [-0.4, -0.2) is 41.7 Å². The second-order valence-electron chi connectivity index (χ2n) is 5.36. The van der Waals surface area contributed by atoms with Gasteiger partial charge in [-0.25, -0.2) is 4.98 Å². The van der Waals surface area contributed by atoms with Gasteiger partial charge in [-0.1, -0.05) is 24.3 Å². The smallest absolute Gasteiger partial charge is 0.0914 e. The van der Waals surface area contributed by atoms with Crippen LogP contribution >= 0.6 is 0 Å². The van der Waals surface area contributed by atoms with Gasteiger partial charge in [0, 0.05) is 30.4 Å². The Morgan fingerprint density at radius 1 is 0.913 bits per heavy atom. The number of aromatic nitrogens is 2. The number of benzene rings is 1. The Morgan fingerprint density at radius 2 is 1.70 bits per heavy atom. The van der Waals surface area contributed by atoms with Crippen LogP contribution < -0.4 is 4.90 Å². The normalized spacial score (nSPS) is 14.5. The van der Waals surface area contributed by atoms with Crippen molar-refractivity contribution in [3.63, 3.8) is 0 Å². The van der Waals surface area contributed by atoms with Crippen LogP contribution in [0.2, 0.25) is 0 Å². The molecule has 1 fully saturated rings. The van der Waals surface area contributed by atoms with E-state index in [4.69, 9.17) is 9.72 Å². The fourth-order valence-corrected chi connectivity index (χ4v) is 2.87. The molecule has 5 heteroatoms. The van der Waals surface area contributed by atoms with Crippen molar-refractivity contribution in [1.29, 1.82) is 0 Å². The van der Waals surface area contributed by atoms with E-state index in [1.165, 1.54) is 11.1 Å². The lowest BCUT2D eigenvalue weighted by Gasteiger charge is -2.30. The van der Waals surface area contributed by atoms with Crippen LogP contribution in [0.5, 0.6) is 0 Å². The number of hydrogen-bond donors (Lipinski definition) is 0. The zero-order chi connectivity index (χ0) is 14.8. The van der Waals surface area contributed by atoms with Crippen LogP contribution in [0, 0.1) is 0 Å². The van der Waals surface area contributed by atoms with E-state index in [2.05, 4.69) is 34.1 Å². The molecule has 0 atom stereocenters. The first kappa shape index (κ1) is 15.4. The molecule has 1 saturated heterocycles. The number of nitrogens with zero attached hydrogens (tertiary/aromatic N) is 3. The van der Waals surface area contributed by atoms with Crippen molar-refractivity contribution in [1.82, 2.24) is 9.97 Å². The molecule has 1 aliphatic rings. The number of para-hydroxylation sites is 1. The van der Waals surface area contributed by atoms with E-state index in [1.807, 2.05) is 24.3 Å². The van der Waals surface area contributed by atoms with E-state index in [9.17, 15) is 0 Å². The summed E-state index contributed by atoms with van der Waals surface area (Å²) in [7, 11) is 0. The van der Waals surface area contributed by atoms with Crippen molar-refractivity contribution >= 4 is 16.6 Å². The van der Waals surface area contributed by atoms with Gasteiger partial charge in [0.15, 0.2) is 0 Å². The minimum absolute atomic E-state index is 0. The van der Waals surface area contributed by atoms with Crippen molar-refractivity contribution in [2.24, 2.45) is 0 Å². The Bertz CT molecular complexity index is 787. The third-order valence-corrected chi connectivity index (χ3v) is 3.97. The van der Waals surface area contributed by atoms with Crippen molar-refractivity contribution < 1.29 is 10.2 Å². The number of rotatable bonds is 2. The predicted octanol–water partition coefficient (Wildman–Crippen LogP) is 2.31. The molecule has 0 radical (unpaired) electrons. The van der Waals surface area contributed by atoms with Gasteiger partial charge in [-0.05, 0) is 24.3 Å². The molecular formula is C18H19N3O2. The molecule has 1 aliphatic heterocycles. The van der Waals surface area contributed by atoms with E-state index < -0.39 is 0 Å². The number of anilines is 1. The third-order valence-electron chi connectivity index (χ3n) is 3.97. The number of pyridine rings is 2. The maximum absolute atomic E-state index is 5.48. The minimum Gasteiger partial charge on any atom is -0.412 e. The van der Waals surface area contributed by atoms with Gasteiger partial charge in [0.1, 0.15) is 0 Å². The standard InChI is InChI=1S/C18H17N3O.H2O/c1-2-6-15-14(5-1)18(21-9-11-22-12-10-21)13-17(20-15)16-7-3-4-8-19-16;/h1-8,13H,9-12H2;1H2. The van der Waals surface area contributed by atoms with Crippen molar-refractivity contribution in [2.45, 2.75) is 0 Å². The van der Waals surface area contributed by atoms with Crippen LogP contribution in [0.1, 0.15) is 0 Å². The molecule has 0 bridgehead atoms. The third kappa shape index (κ3) is 3.02. The summed E-state index contributed by atoms with van der Waals surface area (Å²) in [4.78, 5) is 11.6. The number of ether oxygens (including phenoxy) is 1. The highest BCUT2D eigenvalue weighted by Crippen LogP contribution is 2.30. The molecule has 0 saturated carbocycles. The lowest BCUT2D eigenvalue weighted by atomic mass is 10.1. The highest BCUT2D eigenvalue weighted by molar-refractivity contribution is 5.94. The second kappa shape index (κ2) is 6.73. The molecule has 0 spiro atoms. The maximum atomic E-state index is 5.48. The van der Waals surface area contributed by atoms with Crippen LogP contribution in [0.15, 0.2) is 54.7 Å². The first-order valence-corrected chi connectivity index (χ1v) is 7.56. The summed E-state index contributed by atoms with van der Waals surface area (Å²) in [5.41, 5.74) is 4.05. The summed E-state index contributed by atoms with van der Waals surface area (Å²) in [6, 6.07) is 16.4. The topological polar surface area (TPSA) is 69.8 Å². The Kier molecular flexibility index (Phi) is 4.50. The predicted molar refractivity (Wildman–Crippen MR) is 91.6 cm³/mol. The lowest BCUT2D eigenvalue weighted by molar-refractivity contribution is 0.123. The van der Waals surface area contributed by atoms with Gasteiger partial charge >= 0.3 is 0 Å². The molecule has 2 aromatic heterocycles. The van der Waals surface area contributed by atoms with E-state index in [-0.39, 0.29) is 5.48 Å². The largest absolute Gasteiger partial charge is 0.412 e. The number of hydrogen-bond acceptors (Lipinski definition) is 4. The molecule has 118 valence electrons. The molecule has 23 heavy (non-hydrogen) atoms. The zero-order valence-electron chi connectivity index (χ0n) is 12.8. The average Bonchev–Trinajstić information content (AvgIpc) is 2.62. The molecule has 0 unspecified atom stereocenters. The van der Waals surface area contributed by atoms with E-state index in [0.717, 1.165) is 43.2 Å². The Labute approximate surface area is 134 Å². The molecule has 2 N–H and O–H groups in total. The molecule has 5 nitrogen and oxygen atoms in total. The molecular weight excluding hydrogens is 290 g/mol. The fourth-order valence-electron chi connectivity index (χ4n) is 2.87. The molecule has 0 amide bonds. The molecule has 1 aromatic carbocycles. The van der Waals surface area contributed by atoms with Crippen LogP contribution in [0.25, 0.3) is 22.3 Å². The highest BCUT2D eigenvalue weighted by atomic mass is 16.5. The fraction of sp³-hybridized carbons (Fsp3) is 0.222. The van der Waals surface area contributed by atoms with Gasteiger partial charge in [-0.15, -0.1) is 0 Å². The SMILES string of the molecule is O.c1ccc(-c2cc(N3CCOCC3)c3ccccc3n2)nc1. The average molecular weight is 309 g/mol. The number of morpholine rings is 1. The minimum atomic E-state index is 0. The van der Waals surface area contributed by atoms with Gasteiger partial charge in [0.25, 0.3) is 0 Å². The Hall–Kier alpha value is -2.50. The second-order valence-corrected chi connectivity index (χ2v) is 5.36. The van der Waals surface area contributed by atoms with Gasteiger partial charge in [0.05, 0.1) is 30.1 Å². The van der Waals surface area contributed by atoms with Crippen molar-refractivity contribution in [2.75, 3.05) is 31.2 Å². The van der Waals surface area contributed by atoms with E-state index in [0.29, 0.717) is 0 Å². The van der Waals surface area contributed by atoms with Gasteiger partial charge in [-0.3, -0.25) is 4.98 Å². The molecule has 0 aliphatic carbocycles. The lowest BCUT2D eigenvalue weighted by Crippen LogP contribution is -2.36. The monoisotopic (exact) mass is 309 g/mol. The van der Waals surface area contributed by atoms with E-state index in [1.54, 1.807) is 6.20 Å². The quantitative estimate of drug-likeness (QED) is 0.728. The van der Waals surface area contributed by atoms with Gasteiger partial charge in [0.2, 0.25) is 0 Å². The summed E-state index contributed by atoms with van der Waals surface area (Å²) < 4.78 is 5.48. The van der Waals surface area contributed by atoms with Crippen molar-refractivity contribution in [3.05, 3.63) is 54.7 Å². The molecule has 3 heterocycles. The highest BCUT2D eigenvalue weighted by Gasteiger charge is 2.16. The van der Waals surface area contributed by atoms with Crippen LogP contribution in [0.4, 0.5) is 5.69 Å². The molecule has 3 aromatic rings. The van der Waals surface area contributed by atoms with Gasteiger partial charge in [-0.2, -0.15) is 0 Å². The summed E-state index contributed by atoms with van der Waals surface area (Å²) in [6.45, 7) is 3.37. The Balaban J connectivity index is 0.00000156. The first-order chi connectivity index (χ1) is 10.9. The Morgan fingerprint density at radius 3 is 2.48 bits per heavy atom. The number of fused-ring (bicyclic) bond motifs is 1. The van der Waals surface area contributed by atoms with Gasteiger partial charge < -0.3 is 15.1 Å². The van der Waals surface area contributed by atoms with E-state index >= 15 is 0 Å². The summed E-state index contributed by atoms with van der Waals surface area (Å²) in [5.74, 6) is 0. The summed E-state index contributed by atoms with van der Waals surface area (Å²) in [6.07, 6.45) is 1.81. The molecule has 4 rings (SSSR count). The summed E-state index contributed by atoms with van der Waals surface area (Å²) >= 11 is 0. The van der Waals surface area contributed by atoms with Crippen LogP contribution in [-0.2, 0) is 4.74 Å². The van der Waals surface area contributed by atoms with Crippen LogP contribution in [0.3, 0.4) is 0 Å².